The minimum absolute atomic E-state index is 0.0408. The molecule has 146 valence electrons. The average Bonchev–Trinajstić information content (AvgIpc) is 2.52. The molecule has 12 heteroatoms. The molecule has 1 fully saturated rings. The van der Waals surface area contributed by atoms with E-state index in [0.717, 1.165) is 12.1 Å². The molecular weight excluding hydrogens is 379 g/mol. The van der Waals surface area contributed by atoms with Gasteiger partial charge in [-0.2, -0.15) is 13.2 Å². The van der Waals surface area contributed by atoms with E-state index >= 15 is 0 Å². The Balaban J connectivity index is 2.06. The first-order chi connectivity index (χ1) is 11.8. The fraction of sp³-hybridized carbons (Fsp3) is 0.571. The van der Waals surface area contributed by atoms with Crippen LogP contribution in [0, 0.1) is 16.0 Å². The molecule has 1 saturated carbocycles. The minimum Gasteiger partial charge on any atom is -0.380 e. The molecule has 2 rings (SSSR count). The van der Waals surface area contributed by atoms with Crippen LogP contribution in [0.5, 0.6) is 0 Å². The Hall–Kier alpha value is -1.92. The zero-order valence-corrected chi connectivity index (χ0v) is 14.3. The third-order valence-electron chi connectivity index (χ3n) is 4.54. The molecule has 26 heavy (non-hydrogen) atoms. The van der Waals surface area contributed by atoms with Crippen molar-refractivity contribution in [1.29, 1.82) is 0 Å². The Bertz CT molecular complexity index is 790. The van der Waals surface area contributed by atoms with Crippen LogP contribution in [0.4, 0.5) is 24.5 Å². The fourth-order valence-electron chi connectivity index (χ4n) is 2.89. The van der Waals surface area contributed by atoms with Crippen LogP contribution < -0.4 is 10.5 Å². The van der Waals surface area contributed by atoms with E-state index < -0.39 is 50.1 Å². The van der Waals surface area contributed by atoms with Gasteiger partial charge in [0.05, 0.1) is 9.82 Å². The number of sulfonamides is 1. The molecule has 8 nitrogen and oxygen atoms in total. The van der Waals surface area contributed by atoms with Gasteiger partial charge >= 0.3 is 6.18 Å². The van der Waals surface area contributed by atoms with Crippen molar-refractivity contribution in [3.8, 4) is 0 Å². The number of nitrogens with two attached hydrogens (primary N) is 1. The molecular formula is C14H18F3N3O5S. The molecule has 0 spiro atoms. The Kier molecular flexibility index (Phi) is 5.49. The monoisotopic (exact) mass is 397 g/mol. The van der Waals surface area contributed by atoms with Crippen LogP contribution in [0.3, 0.4) is 0 Å². The highest BCUT2D eigenvalue weighted by Crippen LogP contribution is 2.43. The normalized spacial score (nSPS) is 24.3. The lowest BCUT2D eigenvalue weighted by molar-refractivity contribution is -0.384. The highest BCUT2D eigenvalue weighted by Gasteiger charge is 2.54. The number of hydrogen-bond donors (Lipinski definition) is 3. The Morgan fingerprint density at radius 1 is 1.35 bits per heavy atom. The van der Waals surface area contributed by atoms with Crippen molar-refractivity contribution in [3.05, 3.63) is 28.3 Å². The highest BCUT2D eigenvalue weighted by atomic mass is 32.2. The third-order valence-corrected chi connectivity index (χ3v) is 5.45. The first kappa shape index (κ1) is 20.4. The van der Waals surface area contributed by atoms with E-state index in [0.29, 0.717) is 0 Å². The Morgan fingerprint density at radius 2 is 1.92 bits per heavy atom. The van der Waals surface area contributed by atoms with Crippen molar-refractivity contribution < 1.29 is 31.6 Å². The summed E-state index contributed by atoms with van der Waals surface area (Å²) < 4.78 is 60.9. The van der Waals surface area contributed by atoms with Crippen LogP contribution >= 0.6 is 0 Å². The molecule has 1 aromatic carbocycles. The maximum Gasteiger partial charge on any atom is 0.417 e. The lowest BCUT2D eigenvalue weighted by atomic mass is 9.78. The topological polar surface area (TPSA) is 136 Å². The largest absolute Gasteiger partial charge is 0.417 e. The smallest absolute Gasteiger partial charge is 0.380 e. The van der Waals surface area contributed by atoms with Crippen LogP contribution in [0.1, 0.15) is 25.7 Å². The summed E-state index contributed by atoms with van der Waals surface area (Å²) in [6.45, 7) is 0.156. The molecule has 0 atom stereocenters. The summed E-state index contributed by atoms with van der Waals surface area (Å²) in [6.07, 6.45) is -5.35. The van der Waals surface area contributed by atoms with E-state index in [9.17, 15) is 36.8 Å². The number of nitrogens with zero attached hydrogens (tertiary/aromatic N) is 1. The minimum atomic E-state index is -4.69. The van der Waals surface area contributed by atoms with Gasteiger partial charge in [0.25, 0.3) is 5.69 Å². The van der Waals surface area contributed by atoms with Gasteiger partial charge in [-0.05, 0) is 43.7 Å². The third kappa shape index (κ3) is 4.43. The molecule has 0 unspecified atom stereocenters. The molecule has 1 aliphatic carbocycles. The number of rotatable bonds is 5. The Morgan fingerprint density at radius 3 is 2.38 bits per heavy atom. The second-order valence-electron chi connectivity index (χ2n) is 6.33. The zero-order chi connectivity index (χ0) is 19.8. The molecule has 0 aromatic heterocycles. The number of primary sulfonamides is 1. The van der Waals surface area contributed by atoms with E-state index in [2.05, 4.69) is 5.32 Å². The van der Waals surface area contributed by atoms with Gasteiger partial charge in [0.2, 0.25) is 10.0 Å². The predicted octanol–water partition coefficient (Wildman–Crippen LogP) is 2.14. The van der Waals surface area contributed by atoms with Crippen LogP contribution in [-0.2, 0) is 10.0 Å². The van der Waals surface area contributed by atoms with E-state index in [1.165, 1.54) is 6.07 Å². The summed E-state index contributed by atoms with van der Waals surface area (Å²) >= 11 is 0. The quantitative estimate of drug-likeness (QED) is 0.514. The van der Waals surface area contributed by atoms with Gasteiger partial charge in [-0.1, -0.05) is 0 Å². The van der Waals surface area contributed by atoms with E-state index in [1.807, 2.05) is 0 Å². The Labute approximate surface area is 147 Å². The number of halogens is 3. The lowest BCUT2D eigenvalue weighted by Crippen LogP contribution is -2.48. The molecule has 0 bridgehead atoms. The summed E-state index contributed by atoms with van der Waals surface area (Å²) in [5.74, 6) is -0.213. The highest BCUT2D eigenvalue weighted by molar-refractivity contribution is 7.89. The number of nitro groups is 1. The lowest BCUT2D eigenvalue weighted by Gasteiger charge is -2.37. The fourth-order valence-corrected chi connectivity index (χ4v) is 3.42. The number of alkyl halides is 3. The summed E-state index contributed by atoms with van der Waals surface area (Å²) in [6, 6.07) is 3.11. The molecule has 0 amide bonds. The van der Waals surface area contributed by atoms with Gasteiger partial charge in [-0.15, -0.1) is 0 Å². The maximum absolute atomic E-state index is 12.8. The van der Waals surface area contributed by atoms with Gasteiger partial charge in [0.1, 0.15) is 5.69 Å². The average molecular weight is 397 g/mol. The van der Waals surface area contributed by atoms with Crippen molar-refractivity contribution in [2.75, 3.05) is 11.9 Å². The van der Waals surface area contributed by atoms with Crippen molar-refractivity contribution in [2.24, 2.45) is 11.1 Å². The van der Waals surface area contributed by atoms with E-state index in [4.69, 9.17) is 5.14 Å². The summed E-state index contributed by atoms with van der Waals surface area (Å²) in [5, 5.41) is 28.5. The van der Waals surface area contributed by atoms with Crippen molar-refractivity contribution in [3.63, 3.8) is 0 Å². The first-order valence-electron chi connectivity index (χ1n) is 7.68. The van der Waals surface area contributed by atoms with Crippen LogP contribution in [0.2, 0.25) is 0 Å². The second kappa shape index (κ2) is 7.00. The van der Waals surface area contributed by atoms with Gasteiger partial charge < -0.3 is 10.4 Å². The summed E-state index contributed by atoms with van der Waals surface area (Å²) in [5.41, 5.74) is -3.15. The summed E-state index contributed by atoms with van der Waals surface area (Å²) in [4.78, 5) is 9.93. The SMILES string of the molecule is NS(=O)(=O)c1ccc(NCC2CCC(O)(C(F)(F)F)CC2)c([N+](=O)[O-])c1. The maximum atomic E-state index is 12.8. The number of anilines is 1. The summed E-state index contributed by atoms with van der Waals surface area (Å²) in [7, 11) is -4.10. The number of aliphatic hydroxyl groups is 1. The molecule has 0 aliphatic heterocycles. The van der Waals surface area contributed by atoms with Crippen LogP contribution in [0.25, 0.3) is 0 Å². The van der Waals surface area contributed by atoms with E-state index in [1.54, 1.807) is 0 Å². The molecule has 4 N–H and O–H groups in total. The molecule has 0 radical (unpaired) electrons. The predicted molar refractivity (Wildman–Crippen MR) is 85.9 cm³/mol. The van der Waals surface area contributed by atoms with Crippen molar-refractivity contribution >= 4 is 21.4 Å². The first-order valence-corrected chi connectivity index (χ1v) is 9.22. The number of hydrogen-bond acceptors (Lipinski definition) is 6. The van der Waals surface area contributed by atoms with Gasteiger partial charge in [-0.3, -0.25) is 10.1 Å². The van der Waals surface area contributed by atoms with Crippen LogP contribution in [0.15, 0.2) is 23.1 Å². The number of benzene rings is 1. The number of nitrogens with one attached hydrogen (secondary N) is 1. The van der Waals surface area contributed by atoms with Crippen LogP contribution in [-0.4, -0.2) is 36.8 Å². The molecule has 0 heterocycles. The van der Waals surface area contributed by atoms with Crippen molar-refractivity contribution in [1.82, 2.24) is 0 Å². The van der Waals surface area contributed by atoms with Crippen molar-refractivity contribution in [2.45, 2.75) is 42.4 Å². The number of nitro benzene ring substituents is 1. The molecule has 1 aliphatic rings. The van der Waals surface area contributed by atoms with E-state index in [-0.39, 0.29) is 31.0 Å². The standard InChI is InChI=1S/C14H18F3N3O5S/c15-14(16,17)13(21)5-3-9(4-6-13)8-19-11-2-1-10(26(18,24)25)7-12(11)20(22)23/h1-2,7,9,19,21H,3-6,8H2,(H2,18,24,25). The van der Waals surface area contributed by atoms with Gasteiger partial charge in [0.15, 0.2) is 5.60 Å². The zero-order valence-electron chi connectivity index (χ0n) is 13.5. The van der Waals surface area contributed by atoms with Gasteiger partial charge in [0, 0.05) is 12.6 Å². The second-order valence-corrected chi connectivity index (χ2v) is 7.90. The molecule has 1 aromatic rings. The van der Waals surface area contributed by atoms with Gasteiger partial charge in [-0.25, -0.2) is 13.6 Å². The molecule has 0 saturated heterocycles.